The molecule has 0 amide bonds. The molecule has 3 heteroatoms. The van der Waals surface area contributed by atoms with Crippen molar-refractivity contribution in [2.75, 3.05) is 14.2 Å². The smallest absolute Gasteiger partial charge is 0.312 e. The first-order chi connectivity index (χ1) is 6.20. The Hall–Kier alpha value is -0.990. The number of hydrogen-bond acceptors (Lipinski definition) is 3. The molecule has 0 N–H and O–H groups in total. The average molecular weight is 184 g/mol. The van der Waals surface area contributed by atoms with Gasteiger partial charge in [-0.3, -0.25) is 4.79 Å². The van der Waals surface area contributed by atoms with Gasteiger partial charge in [0.2, 0.25) is 0 Å². The van der Waals surface area contributed by atoms with E-state index in [9.17, 15) is 4.79 Å². The van der Waals surface area contributed by atoms with Crippen molar-refractivity contribution < 1.29 is 14.3 Å². The van der Waals surface area contributed by atoms with Crippen LogP contribution in [0.25, 0.3) is 0 Å². The van der Waals surface area contributed by atoms with Gasteiger partial charge in [0.05, 0.1) is 25.9 Å². The molecule has 0 fully saturated rings. The molecule has 1 rings (SSSR count). The quantitative estimate of drug-likeness (QED) is 0.628. The molecule has 1 aliphatic carbocycles. The predicted octanol–water partition coefficient (Wildman–Crippen LogP) is 1.88. The predicted molar refractivity (Wildman–Crippen MR) is 49.1 cm³/mol. The second kappa shape index (κ2) is 4.30. The second-order valence-electron chi connectivity index (χ2n) is 3.25. The Morgan fingerprint density at radius 3 is 2.62 bits per heavy atom. The molecular weight excluding hydrogens is 168 g/mol. The Balaban J connectivity index is 2.74. The van der Waals surface area contributed by atoms with Gasteiger partial charge in [-0.25, -0.2) is 0 Å². The lowest BCUT2D eigenvalue weighted by molar-refractivity contribution is -0.143. The van der Waals surface area contributed by atoms with Crippen LogP contribution in [-0.4, -0.2) is 20.2 Å². The minimum atomic E-state index is -0.175. The lowest BCUT2D eigenvalue weighted by Crippen LogP contribution is -2.15. The zero-order valence-electron chi connectivity index (χ0n) is 8.42. The number of esters is 1. The number of methoxy groups -OCH3 is 2. The van der Waals surface area contributed by atoms with Crippen molar-refractivity contribution in [1.29, 1.82) is 0 Å². The zero-order chi connectivity index (χ0) is 9.84. The van der Waals surface area contributed by atoms with Crippen LogP contribution in [0.5, 0.6) is 0 Å². The first-order valence-electron chi connectivity index (χ1n) is 4.54. The van der Waals surface area contributed by atoms with Crippen LogP contribution in [0.3, 0.4) is 0 Å². The summed E-state index contributed by atoms with van der Waals surface area (Å²) in [7, 11) is 3.07. The van der Waals surface area contributed by atoms with Gasteiger partial charge in [0, 0.05) is 6.42 Å². The van der Waals surface area contributed by atoms with E-state index in [1.807, 2.05) is 6.92 Å². The molecule has 0 spiro atoms. The van der Waals surface area contributed by atoms with Crippen LogP contribution in [0.2, 0.25) is 0 Å². The summed E-state index contributed by atoms with van der Waals surface area (Å²) in [4.78, 5) is 11.2. The topological polar surface area (TPSA) is 35.5 Å². The molecule has 1 aliphatic rings. The largest absolute Gasteiger partial charge is 0.501 e. The maximum absolute atomic E-state index is 11.2. The number of rotatable bonds is 3. The van der Waals surface area contributed by atoms with Crippen molar-refractivity contribution in [3.05, 3.63) is 11.3 Å². The number of carbonyl (C=O) groups is 1. The molecule has 0 saturated heterocycles. The SMILES string of the molecule is COC(=O)C(C)C1=C(OC)CCC1. The Labute approximate surface area is 78.7 Å². The molecule has 0 aromatic rings. The Bertz CT molecular complexity index is 230. The van der Waals surface area contributed by atoms with Crippen molar-refractivity contribution >= 4 is 5.97 Å². The molecule has 0 saturated carbocycles. The van der Waals surface area contributed by atoms with Gasteiger partial charge in [0.1, 0.15) is 0 Å². The Morgan fingerprint density at radius 2 is 2.08 bits per heavy atom. The number of ether oxygens (including phenoxy) is 2. The van der Waals surface area contributed by atoms with Crippen molar-refractivity contribution in [3.63, 3.8) is 0 Å². The number of hydrogen-bond donors (Lipinski definition) is 0. The summed E-state index contributed by atoms with van der Waals surface area (Å²) in [6, 6.07) is 0. The molecule has 1 atom stereocenters. The van der Waals surface area contributed by atoms with Gasteiger partial charge in [-0.05, 0) is 25.3 Å². The van der Waals surface area contributed by atoms with E-state index in [1.54, 1.807) is 7.11 Å². The molecule has 3 nitrogen and oxygen atoms in total. The summed E-state index contributed by atoms with van der Waals surface area (Å²) in [6.07, 6.45) is 2.99. The summed E-state index contributed by atoms with van der Waals surface area (Å²) in [5.41, 5.74) is 1.11. The van der Waals surface area contributed by atoms with Crippen molar-refractivity contribution in [2.45, 2.75) is 26.2 Å². The van der Waals surface area contributed by atoms with Crippen LogP contribution in [0.1, 0.15) is 26.2 Å². The van der Waals surface area contributed by atoms with E-state index >= 15 is 0 Å². The van der Waals surface area contributed by atoms with Crippen LogP contribution in [0, 0.1) is 5.92 Å². The highest BCUT2D eigenvalue weighted by molar-refractivity contribution is 5.75. The highest BCUT2D eigenvalue weighted by Crippen LogP contribution is 2.32. The molecule has 0 radical (unpaired) electrons. The maximum Gasteiger partial charge on any atom is 0.312 e. The van der Waals surface area contributed by atoms with Crippen molar-refractivity contribution in [3.8, 4) is 0 Å². The summed E-state index contributed by atoms with van der Waals surface area (Å²) < 4.78 is 9.90. The van der Waals surface area contributed by atoms with E-state index < -0.39 is 0 Å². The molecule has 0 aromatic carbocycles. The normalized spacial score (nSPS) is 18.7. The van der Waals surface area contributed by atoms with E-state index in [2.05, 4.69) is 4.74 Å². The van der Waals surface area contributed by atoms with Crippen molar-refractivity contribution in [1.82, 2.24) is 0 Å². The van der Waals surface area contributed by atoms with E-state index in [4.69, 9.17) is 4.74 Å². The van der Waals surface area contributed by atoms with Gasteiger partial charge in [-0.2, -0.15) is 0 Å². The molecule has 13 heavy (non-hydrogen) atoms. The number of carbonyl (C=O) groups excluding carboxylic acids is 1. The molecular formula is C10H16O3. The molecule has 0 heterocycles. The van der Waals surface area contributed by atoms with Crippen molar-refractivity contribution in [2.24, 2.45) is 5.92 Å². The third-order valence-electron chi connectivity index (χ3n) is 2.53. The van der Waals surface area contributed by atoms with E-state index in [1.165, 1.54) is 7.11 Å². The van der Waals surface area contributed by atoms with E-state index in [0.717, 1.165) is 30.6 Å². The van der Waals surface area contributed by atoms with Crippen LogP contribution in [-0.2, 0) is 14.3 Å². The summed E-state index contributed by atoms with van der Waals surface area (Å²) >= 11 is 0. The summed E-state index contributed by atoms with van der Waals surface area (Å²) in [5, 5.41) is 0. The lowest BCUT2D eigenvalue weighted by Gasteiger charge is -2.12. The summed E-state index contributed by atoms with van der Waals surface area (Å²) in [6.45, 7) is 1.87. The minimum absolute atomic E-state index is 0.151. The van der Waals surface area contributed by atoms with Gasteiger partial charge in [-0.15, -0.1) is 0 Å². The van der Waals surface area contributed by atoms with Gasteiger partial charge in [0.15, 0.2) is 0 Å². The monoisotopic (exact) mass is 184 g/mol. The second-order valence-corrected chi connectivity index (χ2v) is 3.25. The fourth-order valence-electron chi connectivity index (χ4n) is 1.75. The third-order valence-corrected chi connectivity index (χ3v) is 2.53. The highest BCUT2D eigenvalue weighted by atomic mass is 16.5. The van der Waals surface area contributed by atoms with Gasteiger partial charge < -0.3 is 9.47 Å². The molecule has 0 bridgehead atoms. The molecule has 74 valence electrons. The van der Waals surface area contributed by atoms with E-state index in [0.29, 0.717) is 0 Å². The molecule has 0 aliphatic heterocycles. The fourth-order valence-corrected chi connectivity index (χ4v) is 1.75. The first kappa shape index (κ1) is 10.1. The van der Waals surface area contributed by atoms with Crippen LogP contribution < -0.4 is 0 Å². The summed E-state index contributed by atoms with van der Waals surface area (Å²) in [5.74, 6) is 0.645. The fraction of sp³-hybridized carbons (Fsp3) is 0.700. The molecule has 0 aromatic heterocycles. The zero-order valence-corrected chi connectivity index (χ0v) is 8.42. The lowest BCUT2D eigenvalue weighted by atomic mass is 10.0. The molecule has 1 unspecified atom stereocenters. The number of allylic oxidation sites excluding steroid dienone is 1. The van der Waals surface area contributed by atoms with E-state index in [-0.39, 0.29) is 11.9 Å². The minimum Gasteiger partial charge on any atom is -0.501 e. The third kappa shape index (κ3) is 2.02. The average Bonchev–Trinajstić information content (AvgIpc) is 2.62. The van der Waals surface area contributed by atoms with Crippen LogP contribution >= 0.6 is 0 Å². The standard InChI is InChI=1S/C10H16O3/c1-7(10(11)13-3)8-5-4-6-9(8)12-2/h7H,4-6H2,1-3H3. The van der Waals surface area contributed by atoms with Gasteiger partial charge in [0.25, 0.3) is 0 Å². The Morgan fingerprint density at radius 1 is 1.38 bits per heavy atom. The van der Waals surface area contributed by atoms with Crippen LogP contribution in [0.4, 0.5) is 0 Å². The first-order valence-corrected chi connectivity index (χ1v) is 4.54. The van der Waals surface area contributed by atoms with Gasteiger partial charge in [-0.1, -0.05) is 0 Å². The Kier molecular flexibility index (Phi) is 3.34. The maximum atomic E-state index is 11.2. The van der Waals surface area contributed by atoms with Crippen LogP contribution in [0.15, 0.2) is 11.3 Å². The van der Waals surface area contributed by atoms with Gasteiger partial charge >= 0.3 is 5.97 Å². The highest BCUT2D eigenvalue weighted by Gasteiger charge is 2.25.